The molecular weight excluding hydrogens is 260 g/mol. The van der Waals surface area contributed by atoms with Crippen molar-refractivity contribution in [3.8, 4) is 0 Å². The van der Waals surface area contributed by atoms with Gasteiger partial charge >= 0.3 is 0 Å². The number of carbonyl (C=O) groups excluding carboxylic acids is 2. The Kier molecular flexibility index (Phi) is 4.39. The molecule has 0 aromatic carbocycles. The van der Waals surface area contributed by atoms with Crippen molar-refractivity contribution < 1.29 is 14.7 Å². The van der Waals surface area contributed by atoms with Gasteiger partial charge in [-0.15, -0.1) is 0 Å². The molecule has 0 aromatic heterocycles. The lowest BCUT2D eigenvalue weighted by Crippen LogP contribution is -2.52. The second kappa shape index (κ2) is 6.04. The van der Waals surface area contributed by atoms with Gasteiger partial charge in [0.25, 0.3) is 5.91 Å². The first-order chi connectivity index (χ1) is 9.54. The molecule has 0 bridgehead atoms. The lowest BCUT2D eigenvalue weighted by molar-refractivity contribution is -0.139. The Morgan fingerprint density at radius 1 is 1.15 bits per heavy atom. The number of rotatable bonds is 2. The molecule has 110 valence electrons. The molecule has 7 nitrogen and oxygen atoms in total. The minimum Gasteiger partial charge on any atom is -0.394 e. The number of hydrogen-bond acceptors (Lipinski definition) is 5. The highest BCUT2D eigenvalue weighted by Crippen LogP contribution is 2.23. The molecule has 2 aliphatic rings. The van der Waals surface area contributed by atoms with E-state index in [-0.39, 0.29) is 17.5 Å². The molecule has 1 saturated carbocycles. The van der Waals surface area contributed by atoms with Gasteiger partial charge in [-0.05, 0) is 19.3 Å². The first-order valence-electron chi connectivity index (χ1n) is 6.79. The van der Waals surface area contributed by atoms with Crippen molar-refractivity contribution in [2.75, 3.05) is 32.8 Å². The van der Waals surface area contributed by atoms with E-state index in [0.717, 1.165) is 6.42 Å². The summed E-state index contributed by atoms with van der Waals surface area (Å²) in [4.78, 5) is 26.7. The van der Waals surface area contributed by atoms with E-state index in [2.05, 4.69) is 0 Å². The molecule has 0 atom stereocenters. The van der Waals surface area contributed by atoms with E-state index in [0.29, 0.717) is 50.3 Å². The van der Waals surface area contributed by atoms with E-state index in [9.17, 15) is 9.59 Å². The number of nitrogens with zero attached hydrogens (tertiary/aromatic N) is 2. The minimum atomic E-state index is -0.503. The van der Waals surface area contributed by atoms with Gasteiger partial charge in [-0.2, -0.15) is 0 Å². The summed E-state index contributed by atoms with van der Waals surface area (Å²) in [6, 6.07) is 0. The molecule has 2 fully saturated rings. The molecule has 1 saturated heterocycles. The zero-order chi connectivity index (χ0) is 14.7. The topological polar surface area (TPSA) is 111 Å². The Morgan fingerprint density at radius 3 is 2.25 bits per heavy atom. The van der Waals surface area contributed by atoms with Gasteiger partial charge in [0.1, 0.15) is 12.3 Å². The maximum Gasteiger partial charge on any atom is 0.270 e. The van der Waals surface area contributed by atoms with E-state index in [1.165, 1.54) is 4.90 Å². The summed E-state index contributed by atoms with van der Waals surface area (Å²) in [6.07, 6.45) is 2.25. The molecule has 0 radical (unpaired) electrons. The van der Waals surface area contributed by atoms with Gasteiger partial charge in [0, 0.05) is 37.5 Å². The number of nitrogens with one attached hydrogen (secondary N) is 1. The van der Waals surface area contributed by atoms with Crippen LogP contribution in [-0.4, -0.2) is 65.2 Å². The predicted molar refractivity (Wildman–Crippen MR) is 73.0 cm³/mol. The molecule has 1 aliphatic heterocycles. The lowest BCUT2D eigenvalue weighted by atomic mass is 10.1. The van der Waals surface area contributed by atoms with Crippen LogP contribution in [0.3, 0.4) is 0 Å². The number of aliphatic hydroxyl groups excluding tert-OH is 1. The molecule has 0 spiro atoms. The number of hydrogen-bond donors (Lipinski definition) is 3. The van der Waals surface area contributed by atoms with Crippen molar-refractivity contribution in [3.05, 3.63) is 11.3 Å². The van der Waals surface area contributed by atoms with Crippen LogP contribution in [0.1, 0.15) is 19.3 Å². The number of aliphatic hydroxyl groups is 1. The van der Waals surface area contributed by atoms with Crippen molar-refractivity contribution >= 4 is 17.5 Å². The predicted octanol–water partition coefficient (Wildman–Crippen LogP) is -0.934. The van der Waals surface area contributed by atoms with Crippen molar-refractivity contribution in [1.29, 1.82) is 5.41 Å². The number of piperazine rings is 1. The zero-order valence-corrected chi connectivity index (χ0v) is 11.4. The van der Waals surface area contributed by atoms with Gasteiger partial charge in [-0.1, -0.05) is 0 Å². The van der Waals surface area contributed by atoms with Crippen molar-refractivity contribution in [1.82, 2.24) is 9.80 Å². The van der Waals surface area contributed by atoms with E-state index < -0.39 is 6.61 Å². The number of carbonyl (C=O) groups is 2. The summed E-state index contributed by atoms with van der Waals surface area (Å²) in [5.74, 6) is -0.566. The molecule has 20 heavy (non-hydrogen) atoms. The SMILES string of the molecule is N=C1CCCC1=C(N)C(=O)N1CCN(C(=O)CO)CC1. The smallest absolute Gasteiger partial charge is 0.270 e. The summed E-state index contributed by atoms with van der Waals surface area (Å²) < 4.78 is 0. The van der Waals surface area contributed by atoms with Gasteiger partial charge in [0.2, 0.25) is 5.91 Å². The van der Waals surface area contributed by atoms with Gasteiger partial charge in [-0.25, -0.2) is 0 Å². The van der Waals surface area contributed by atoms with Crippen LogP contribution in [0.2, 0.25) is 0 Å². The third-order valence-corrected chi connectivity index (χ3v) is 3.83. The third kappa shape index (κ3) is 2.82. The highest BCUT2D eigenvalue weighted by Gasteiger charge is 2.27. The van der Waals surface area contributed by atoms with Crippen LogP contribution in [0.4, 0.5) is 0 Å². The Morgan fingerprint density at radius 2 is 1.75 bits per heavy atom. The molecule has 2 rings (SSSR count). The molecular formula is C13H20N4O3. The van der Waals surface area contributed by atoms with Crippen LogP contribution in [0.25, 0.3) is 0 Å². The number of allylic oxidation sites excluding steroid dienone is 1. The van der Waals surface area contributed by atoms with Crippen LogP contribution >= 0.6 is 0 Å². The van der Waals surface area contributed by atoms with E-state index >= 15 is 0 Å². The Balaban J connectivity index is 1.98. The molecule has 0 unspecified atom stereocenters. The van der Waals surface area contributed by atoms with Crippen LogP contribution < -0.4 is 5.73 Å². The van der Waals surface area contributed by atoms with Gasteiger partial charge in [-0.3, -0.25) is 9.59 Å². The molecule has 2 amide bonds. The van der Waals surface area contributed by atoms with Gasteiger partial charge in [0.05, 0.1) is 0 Å². The van der Waals surface area contributed by atoms with Crippen LogP contribution in [0.15, 0.2) is 11.3 Å². The summed E-state index contributed by atoms with van der Waals surface area (Å²) in [6.45, 7) is 1.13. The second-order valence-corrected chi connectivity index (χ2v) is 5.06. The van der Waals surface area contributed by atoms with E-state index in [1.807, 2.05) is 0 Å². The first kappa shape index (κ1) is 14.5. The fraction of sp³-hybridized carbons (Fsp3) is 0.615. The monoisotopic (exact) mass is 280 g/mol. The number of amides is 2. The Hall–Kier alpha value is -1.89. The summed E-state index contributed by atoms with van der Waals surface area (Å²) in [7, 11) is 0. The summed E-state index contributed by atoms with van der Waals surface area (Å²) >= 11 is 0. The normalized spacial score (nSPS) is 22.1. The summed E-state index contributed by atoms with van der Waals surface area (Å²) in [5.41, 5.74) is 7.20. The van der Waals surface area contributed by atoms with Crippen molar-refractivity contribution in [2.24, 2.45) is 5.73 Å². The van der Waals surface area contributed by atoms with Crippen molar-refractivity contribution in [2.45, 2.75) is 19.3 Å². The van der Waals surface area contributed by atoms with Crippen molar-refractivity contribution in [3.63, 3.8) is 0 Å². The fourth-order valence-corrected chi connectivity index (χ4v) is 2.60. The minimum absolute atomic E-state index is 0.175. The third-order valence-electron chi connectivity index (χ3n) is 3.83. The van der Waals surface area contributed by atoms with E-state index in [4.69, 9.17) is 16.2 Å². The van der Waals surface area contributed by atoms with Gasteiger partial charge in [0.15, 0.2) is 0 Å². The standard InChI is InChI=1S/C13H20N4O3/c14-10-3-1-2-9(10)12(15)13(20)17-6-4-16(5-7-17)11(19)8-18/h14,18H,1-8,15H2. The number of nitrogens with two attached hydrogens (primary N) is 1. The zero-order valence-electron chi connectivity index (χ0n) is 11.4. The van der Waals surface area contributed by atoms with Crippen LogP contribution in [0.5, 0.6) is 0 Å². The van der Waals surface area contributed by atoms with E-state index in [1.54, 1.807) is 4.90 Å². The van der Waals surface area contributed by atoms with Crippen LogP contribution in [0, 0.1) is 5.41 Å². The molecule has 4 N–H and O–H groups in total. The highest BCUT2D eigenvalue weighted by molar-refractivity contribution is 6.07. The Bertz CT molecular complexity index is 464. The molecule has 0 aromatic rings. The highest BCUT2D eigenvalue weighted by atomic mass is 16.3. The van der Waals surface area contributed by atoms with Gasteiger partial charge < -0.3 is 26.0 Å². The van der Waals surface area contributed by atoms with Crippen LogP contribution in [-0.2, 0) is 9.59 Å². The maximum absolute atomic E-state index is 12.3. The quantitative estimate of drug-likeness (QED) is 0.567. The Labute approximate surface area is 117 Å². The largest absolute Gasteiger partial charge is 0.394 e. The first-order valence-corrected chi connectivity index (χ1v) is 6.79. The molecule has 1 heterocycles. The average molecular weight is 280 g/mol. The lowest BCUT2D eigenvalue weighted by Gasteiger charge is -2.34. The molecule has 7 heteroatoms. The second-order valence-electron chi connectivity index (χ2n) is 5.06. The molecule has 1 aliphatic carbocycles. The fourth-order valence-electron chi connectivity index (χ4n) is 2.60. The maximum atomic E-state index is 12.3. The average Bonchev–Trinajstić information content (AvgIpc) is 2.91. The summed E-state index contributed by atoms with van der Waals surface area (Å²) in [5, 5.41) is 16.6.